The number of benzene rings is 2. The number of para-hydroxylation sites is 1. The second-order valence-electron chi connectivity index (χ2n) is 5.33. The smallest absolute Gasteiger partial charge is 0.250 e. The first-order valence-electron chi connectivity index (χ1n) is 7.50. The van der Waals surface area contributed by atoms with Gasteiger partial charge in [0.15, 0.2) is 4.34 Å². The van der Waals surface area contributed by atoms with E-state index >= 15 is 0 Å². The molecule has 0 atom stereocenters. The van der Waals surface area contributed by atoms with E-state index in [1.165, 1.54) is 17.3 Å². The van der Waals surface area contributed by atoms with Gasteiger partial charge in [-0.25, -0.2) is 10.4 Å². The van der Waals surface area contributed by atoms with Crippen LogP contribution in [0.1, 0.15) is 18.1 Å². The maximum atomic E-state index is 12.0. The van der Waals surface area contributed by atoms with Crippen molar-refractivity contribution in [3.63, 3.8) is 0 Å². The Hall–Kier alpha value is -2.18. The molecule has 1 heterocycles. The molecule has 4 nitrogen and oxygen atoms in total. The second kappa shape index (κ2) is 7.59. The van der Waals surface area contributed by atoms with Crippen molar-refractivity contribution in [3.05, 3.63) is 59.7 Å². The first-order valence-corrected chi connectivity index (χ1v) is 9.30. The van der Waals surface area contributed by atoms with Crippen molar-refractivity contribution in [2.24, 2.45) is 5.10 Å². The van der Waals surface area contributed by atoms with Crippen molar-refractivity contribution in [2.75, 3.05) is 5.75 Å². The average molecular weight is 355 g/mol. The molecular weight excluding hydrogens is 338 g/mol. The quantitative estimate of drug-likeness (QED) is 0.423. The van der Waals surface area contributed by atoms with Crippen LogP contribution in [-0.4, -0.2) is 22.4 Å². The van der Waals surface area contributed by atoms with Gasteiger partial charge in [0, 0.05) is 0 Å². The van der Waals surface area contributed by atoms with E-state index in [0.717, 1.165) is 25.8 Å². The molecule has 0 aliphatic carbocycles. The Morgan fingerprint density at radius 2 is 1.96 bits per heavy atom. The van der Waals surface area contributed by atoms with Crippen molar-refractivity contribution >= 4 is 44.9 Å². The molecule has 0 saturated heterocycles. The normalized spacial score (nSPS) is 11.7. The van der Waals surface area contributed by atoms with Crippen LogP contribution in [0.15, 0.2) is 58.0 Å². The summed E-state index contributed by atoms with van der Waals surface area (Å²) in [6.45, 7) is 3.92. The molecule has 24 heavy (non-hydrogen) atoms. The molecule has 0 bridgehead atoms. The highest BCUT2D eigenvalue weighted by molar-refractivity contribution is 8.01. The number of thiazole rings is 1. The summed E-state index contributed by atoms with van der Waals surface area (Å²) < 4.78 is 2.03. The molecule has 122 valence electrons. The van der Waals surface area contributed by atoms with Gasteiger partial charge in [0.1, 0.15) is 0 Å². The van der Waals surface area contributed by atoms with Gasteiger partial charge in [-0.2, -0.15) is 5.10 Å². The van der Waals surface area contributed by atoms with E-state index in [2.05, 4.69) is 15.5 Å². The molecule has 1 amide bonds. The Bertz CT molecular complexity index is 852. The number of thioether (sulfide) groups is 1. The fourth-order valence-electron chi connectivity index (χ4n) is 2.08. The topological polar surface area (TPSA) is 54.4 Å². The zero-order valence-corrected chi connectivity index (χ0v) is 15.1. The second-order valence-corrected chi connectivity index (χ2v) is 7.59. The zero-order valence-electron chi connectivity index (χ0n) is 13.4. The fourth-order valence-corrected chi connectivity index (χ4v) is 3.94. The highest BCUT2D eigenvalue weighted by atomic mass is 32.2. The van der Waals surface area contributed by atoms with Crippen LogP contribution in [0.3, 0.4) is 0 Å². The molecule has 0 unspecified atom stereocenters. The fraction of sp³-hybridized carbons (Fsp3) is 0.167. The summed E-state index contributed by atoms with van der Waals surface area (Å²) in [4.78, 5) is 16.5. The number of fused-ring (bicyclic) bond motifs is 1. The lowest BCUT2D eigenvalue weighted by Gasteiger charge is -2.03. The van der Waals surface area contributed by atoms with Crippen LogP contribution in [0.25, 0.3) is 10.2 Å². The lowest BCUT2D eigenvalue weighted by Crippen LogP contribution is -2.21. The molecule has 1 N–H and O–H groups in total. The largest absolute Gasteiger partial charge is 0.272 e. The van der Waals surface area contributed by atoms with Gasteiger partial charge < -0.3 is 0 Å². The monoisotopic (exact) mass is 355 g/mol. The number of hydrazone groups is 1. The van der Waals surface area contributed by atoms with E-state index in [1.54, 1.807) is 11.3 Å². The number of aromatic nitrogens is 1. The minimum atomic E-state index is -0.134. The first-order chi connectivity index (χ1) is 11.6. The van der Waals surface area contributed by atoms with E-state index in [-0.39, 0.29) is 5.91 Å². The lowest BCUT2D eigenvalue weighted by molar-refractivity contribution is -0.118. The van der Waals surface area contributed by atoms with Crippen molar-refractivity contribution in [1.82, 2.24) is 10.4 Å². The van der Waals surface area contributed by atoms with Crippen molar-refractivity contribution < 1.29 is 4.79 Å². The summed E-state index contributed by atoms with van der Waals surface area (Å²) in [6, 6.07) is 16.0. The van der Waals surface area contributed by atoms with Crippen LogP contribution in [0.4, 0.5) is 0 Å². The molecule has 0 aliphatic rings. The Labute approximate surface area is 149 Å². The number of rotatable bonds is 5. The van der Waals surface area contributed by atoms with Gasteiger partial charge >= 0.3 is 0 Å². The number of hydrogen-bond acceptors (Lipinski definition) is 5. The van der Waals surface area contributed by atoms with Crippen molar-refractivity contribution in [1.29, 1.82) is 0 Å². The number of nitrogens with one attached hydrogen (secondary N) is 1. The first kappa shape index (κ1) is 16.7. The Kier molecular flexibility index (Phi) is 5.27. The van der Waals surface area contributed by atoms with Crippen LogP contribution in [0.2, 0.25) is 0 Å². The van der Waals surface area contributed by atoms with Crippen LogP contribution < -0.4 is 5.43 Å². The number of carbonyl (C=O) groups is 1. The van der Waals surface area contributed by atoms with Crippen LogP contribution >= 0.6 is 23.1 Å². The Morgan fingerprint density at radius 1 is 1.21 bits per heavy atom. The predicted molar refractivity (Wildman–Crippen MR) is 102 cm³/mol. The third-order valence-corrected chi connectivity index (χ3v) is 5.60. The van der Waals surface area contributed by atoms with Crippen molar-refractivity contribution in [2.45, 2.75) is 18.2 Å². The van der Waals surface area contributed by atoms with E-state index in [4.69, 9.17) is 0 Å². The van der Waals surface area contributed by atoms with E-state index < -0.39 is 0 Å². The number of amides is 1. The summed E-state index contributed by atoms with van der Waals surface area (Å²) in [5.41, 5.74) is 6.56. The van der Waals surface area contributed by atoms with E-state index in [1.807, 2.05) is 62.4 Å². The van der Waals surface area contributed by atoms with Crippen LogP contribution in [0, 0.1) is 6.92 Å². The predicted octanol–water partition coefficient (Wildman–Crippen LogP) is 4.24. The summed E-state index contributed by atoms with van der Waals surface area (Å²) >= 11 is 3.03. The SMILES string of the molecule is C/C(=N\NC(=O)CSc1nc2ccccc2s1)c1ccc(C)cc1. The molecule has 0 radical (unpaired) electrons. The van der Waals surface area contributed by atoms with Crippen LogP contribution in [-0.2, 0) is 4.79 Å². The van der Waals surface area contributed by atoms with Crippen molar-refractivity contribution in [3.8, 4) is 0 Å². The minimum absolute atomic E-state index is 0.134. The third-order valence-electron chi connectivity index (χ3n) is 3.42. The molecule has 1 aromatic heterocycles. The van der Waals surface area contributed by atoms with Gasteiger partial charge in [0.25, 0.3) is 5.91 Å². The van der Waals surface area contributed by atoms with Gasteiger partial charge in [0.2, 0.25) is 0 Å². The lowest BCUT2D eigenvalue weighted by atomic mass is 10.1. The number of hydrogen-bond donors (Lipinski definition) is 1. The summed E-state index contributed by atoms with van der Waals surface area (Å²) in [6.07, 6.45) is 0. The molecule has 0 fully saturated rings. The summed E-state index contributed by atoms with van der Waals surface area (Å²) in [5, 5.41) is 4.17. The van der Waals surface area contributed by atoms with Gasteiger partial charge in [0.05, 0.1) is 21.7 Å². The zero-order chi connectivity index (χ0) is 16.9. The molecule has 0 spiro atoms. The molecular formula is C18H17N3OS2. The highest BCUT2D eigenvalue weighted by Crippen LogP contribution is 2.28. The highest BCUT2D eigenvalue weighted by Gasteiger charge is 2.07. The molecule has 0 aliphatic heterocycles. The molecule has 6 heteroatoms. The molecule has 0 saturated carbocycles. The Morgan fingerprint density at radius 3 is 2.71 bits per heavy atom. The average Bonchev–Trinajstić information content (AvgIpc) is 3.01. The molecule has 2 aromatic carbocycles. The van der Waals surface area contributed by atoms with Gasteiger partial charge in [-0.05, 0) is 31.5 Å². The standard InChI is InChI=1S/C18H17N3OS2/c1-12-7-9-14(10-8-12)13(2)20-21-17(22)11-23-18-19-15-5-3-4-6-16(15)24-18/h3-10H,11H2,1-2H3,(H,21,22)/b20-13+. The number of carbonyl (C=O) groups excluding carboxylic acids is 1. The molecule has 3 aromatic rings. The van der Waals surface area contributed by atoms with Crippen LogP contribution in [0.5, 0.6) is 0 Å². The molecule has 3 rings (SSSR count). The van der Waals surface area contributed by atoms with Gasteiger partial charge in [-0.15, -0.1) is 11.3 Å². The Balaban J connectivity index is 1.55. The number of nitrogens with zero attached hydrogens (tertiary/aromatic N) is 2. The number of aryl methyl sites for hydroxylation is 1. The van der Waals surface area contributed by atoms with Gasteiger partial charge in [-0.3, -0.25) is 4.79 Å². The maximum Gasteiger partial charge on any atom is 0.250 e. The van der Waals surface area contributed by atoms with E-state index in [0.29, 0.717) is 5.75 Å². The summed E-state index contributed by atoms with van der Waals surface area (Å²) in [5.74, 6) is 0.163. The van der Waals surface area contributed by atoms with Gasteiger partial charge in [-0.1, -0.05) is 53.7 Å². The third kappa shape index (κ3) is 4.21. The minimum Gasteiger partial charge on any atom is -0.272 e. The summed E-state index contributed by atoms with van der Waals surface area (Å²) in [7, 11) is 0. The van der Waals surface area contributed by atoms with E-state index in [9.17, 15) is 4.79 Å². The maximum absolute atomic E-state index is 12.0.